The predicted molar refractivity (Wildman–Crippen MR) is 129 cm³/mol. The van der Waals surface area contributed by atoms with Crippen LogP contribution in [-0.2, 0) is 14.9 Å². The highest BCUT2D eigenvalue weighted by Gasteiger charge is 2.46. The van der Waals surface area contributed by atoms with Crippen LogP contribution in [0.2, 0.25) is 0 Å². The van der Waals surface area contributed by atoms with Crippen LogP contribution in [0.3, 0.4) is 0 Å². The Kier molecular flexibility index (Phi) is 7.80. The molecular formula is C26H34N4O4. The molecule has 4 rings (SSSR count). The average Bonchev–Trinajstić information content (AvgIpc) is 2.89. The highest BCUT2D eigenvalue weighted by molar-refractivity contribution is 5.96. The van der Waals surface area contributed by atoms with Crippen molar-refractivity contribution in [3.8, 4) is 5.75 Å². The van der Waals surface area contributed by atoms with Crippen molar-refractivity contribution in [1.29, 1.82) is 0 Å². The molecule has 0 saturated carbocycles. The van der Waals surface area contributed by atoms with Crippen LogP contribution in [0.1, 0.15) is 28.9 Å². The second kappa shape index (κ2) is 11.0. The molecule has 182 valence electrons. The largest absolute Gasteiger partial charge is 0.492 e. The summed E-state index contributed by atoms with van der Waals surface area (Å²) in [6.07, 6.45) is 3.10. The molecule has 1 aromatic carbocycles. The first kappa shape index (κ1) is 24.2. The number of ether oxygens (including phenoxy) is 2. The molecule has 2 aliphatic rings. The number of likely N-dealkylation sites (N-methyl/N-ethyl adjacent to an activating group) is 1. The first-order valence-electron chi connectivity index (χ1n) is 12.0. The van der Waals surface area contributed by atoms with Gasteiger partial charge >= 0.3 is 0 Å². The zero-order valence-electron chi connectivity index (χ0n) is 20.1. The number of benzene rings is 1. The minimum atomic E-state index is -0.842. The van der Waals surface area contributed by atoms with Crippen LogP contribution in [0.15, 0.2) is 48.7 Å². The van der Waals surface area contributed by atoms with E-state index in [4.69, 9.17) is 9.47 Å². The van der Waals surface area contributed by atoms with Gasteiger partial charge in [0.15, 0.2) is 0 Å². The third kappa shape index (κ3) is 5.39. The van der Waals surface area contributed by atoms with Crippen LogP contribution in [0, 0.1) is 0 Å². The zero-order valence-corrected chi connectivity index (χ0v) is 20.1. The number of hydrogen-bond acceptors (Lipinski definition) is 6. The molecular weight excluding hydrogens is 432 g/mol. The second-order valence-electron chi connectivity index (χ2n) is 9.16. The number of aromatic nitrogens is 1. The van der Waals surface area contributed by atoms with Crippen molar-refractivity contribution < 1.29 is 19.1 Å². The van der Waals surface area contributed by atoms with Crippen LogP contribution in [0.25, 0.3) is 0 Å². The van der Waals surface area contributed by atoms with Gasteiger partial charge in [-0.1, -0.05) is 12.1 Å². The van der Waals surface area contributed by atoms with Crippen molar-refractivity contribution in [2.24, 2.45) is 0 Å². The molecule has 0 unspecified atom stereocenters. The summed E-state index contributed by atoms with van der Waals surface area (Å²) in [6.45, 7) is 5.65. The molecule has 0 spiro atoms. The number of carbonyl (C=O) groups excluding carboxylic acids is 2. The molecule has 2 amide bonds. The van der Waals surface area contributed by atoms with Gasteiger partial charge in [-0.25, -0.2) is 0 Å². The van der Waals surface area contributed by atoms with Gasteiger partial charge in [0.25, 0.3) is 5.91 Å². The third-order valence-corrected chi connectivity index (χ3v) is 6.61. The van der Waals surface area contributed by atoms with Crippen LogP contribution < -0.4 is 4.74 Å². The van der Waals surface area contributed by atoms with Gasteiger partial charge in [0.05, 0.1) is 18.9 Å². The first-order valence-corrected chi connectivity index (χ1v) is 12.0. The van der Waals surface area contributed by atoms with E-state index < -0.39 is 5.41 Å². The molecule has 0 bridgehead atoms. The van der Waals surface area contributed by atoms with E-state index >= 15 is 0 Å². The highest BCUT2D eigenvalue weighted by atomic mass is 16.5. The molecule has 0 radical (unpaired) electrons. The Bertz CT molecular complexity index is 978. The number of morpholine rings is 1. The number of piperidine rings is 1. The minimum absolute atomic E-state index is 0.0242. The molecule has 2 aliphatic heterocycles. The smallest absolute Gasteiger partial charge is 0.254 e. The van der Waals surface area contributed by atoms with E-state index in [1.54, 1.807) is 36.2 Å². The molecule has 2 saturated heterocycles. The number of amides is 2. The number of nitrogens with zero attached hydrogens (tertiary/aromatic N) is 4. The van der Waals surface area contributed by atoms with Crippen molar-refractivity contribution in [2.45, 2.75) is 18.3 Å². The maximum absolute atomic E-state index is 13.5. The van der Waals surface area contributed by atoms with E-state index in [0.29, 0.717) is 43.1 Å². The summed E-state index contributed by atoms with van der Waals surface area (Å²) < 4.78 is 11.3. The monoisotopic (exact) mass is 466 g/mol. The Labute approximate surface area is 201 Å². The lowest BCUT2D eigenvalue weighted by atomic mass is 9.75. The maximum atomic E-state index is 13.5. The standard InChI is InChI=1S/C26H34N4O4/c1-28(2)25(32)26(23-9-3-4-11-27-23)10-6-12-30(20-26)24(31)21-7-5-8-22(19-21)34-18-15-29-13-16-33-17-14-29/h3-5,7-9,11,19H,6,10,12-18,20H2,1-2H3/t26-/m0/s1. The average molecular weight is 467 g/mol. The maximum Gasteiger partial charge on any atom is 0.254 e. The Morgan fingerprint density at radius 3 is 2.68 bits per heavy atom. The molecule has 34 heavy (non-hydrogen) atoms. The fraction of sp³-hybridized carbons (Fsp3) is 0.500. The van der Waals surface area contributed by atoms with E-state index in [0.717, 1.165) is 39.3 Å². The summed E-state index contributed by atoms with van der Waals surface area (Å²) in [5.74, 6) is 0.561. The van der Waals surface area contributed by atoms with E-state index in [1.807, 2.05) is 36.4 Å². The molecule has 8 heteroatoms. The number of hydrogen-bond donors (Lipinski definition) is 0. The quantitative estimate of drug-likeness (QED) is 0.622. The lowest BCUT2D eigenvalue weighted by Gasteiger charge is -2.42. The number of likely N-dealkylation sites (tertiary alicyclic amines) is 1. The second-order valence-corrected chi connectivity index (χ2v) is 9.16. The summed E-state index contributed by atoms with van der Waals surface area (Å²) in [5.41, 5.74) is 0.440. The van der Waals surface area contributed by atoms with Crippen molar-refractivity contribution in [3.05, 3.63) is 59.9 Å². The highest BCUT2D eigenvalue weighted by Crippen LogP contribution is 2.35. The van der Waals surface area contributed by atoms with E-state index in [1.165, 1.54) is 0 Å². The van der Waals surface area contributed by atoms with Crippen molar-refractivity contribution in [1.82, 2.24) is 19.7 Å². The Hall–Kier alpha value is -2.97. The van der Waals surface area contributed by atoms with Crippen molar-refractivity contribution >= 4 is 11.8 Å². The van der Waals surface area contributed by atoms with Gasteiger partial charge in [-0.2, -0.15) is 0 Å². The summed E-state index contributed by atoms with van der Waals surface area (Å²) in [7, 11) is 3.51. The van der Waals surface area contributed by atoms with Gasteiger partial charge < -0.3 is 19.3 Å². The molecule has 2 fully saturated rings. The Morgan fingerprint density at radius 2 is 1.94 bits per heavy atom. The number of pyridine rings is 1. The Morgan fingerprint density at radius 1 is 1.12 bits per heavy atom. The Balaban J connectivity index is 1.47. The molecule has 0 N–H and O–H groups in total. The minimum Gasteiger partial charge on any atom is -0.492 e. The van der Waals surface area contributed by atoms with E-state index in [9.17, 15) is 9.59 Å². The zero-order chi connectivity index (χ0) is 24.0. The van der Waals surface area contributed by atoms with Crippen molar-refractivity contribution in [2.75, 3.05) is 66.6 Å². The van der Waals surface area contributed by atoms with Crippen LogP contribution in [-0.4, -0.2) is 98.1 Å². The van der Waals surface area contributed by atoms with Gasteiger partial charge in [0.1, 0.15) is 17.8 Å². The van der Waals surface area contributed by atoms with Gasteiger partial charge in [-0.3, -0.25) is 19.5 Å². The molecule has 8 nitrogen and oxygen atoms in total. The topological polar surface area (TPSA) is 75.2 Å². The predicted octanol–water partition coefficient (Wildman–Crippen LogP) is 2.05. The summed E-state index contributed by atoms with van der Waals surface area (Å²) >= 11 is 0. The summed E-state index contributed by atoms with van der Waals surface area (Å²) in [5, 5.41) is 0. The summed E-state index contributed by atoms with van der Waals surface area (Å²) in [4.78, 5) is 37.0. The third-order valence-electron chi connectivity index (χ3n) is 6.61. The van der Waals surface area contributed by atoms with E-state index in [2.05, 4.69) is 9.88 Å². The van der Waals surface area contributed by atoms with Crippen LogP contribution in [0.5, 0.6) is 5.75 Å². The SMILES string of the molecule is CN(C)C(=O)[C@@]1(c2ccccn2)CCCN(C(=O)c2cccc(OCCN3CCOCC3)c2)C1. The first-order chi connectivity index (χ1) is 16.5. The molecule has 3 heterocycles. The van der Waals surface area contributed by atoms with Gasteiger partial charge in [0.2, 0.25) is 5.91 Å². The molecule has 1 aromatic heterocycles. The van der Waals surface area contributed by atoms with Crippen LogP contribution >= 0.6 is 0 Å². The van der Waals surface area contributed by atoms with Gasteiger partial charge in [-0.05, 0) is 43.2 Å². The fourth-order valence-electron chi connectivity index (χ4n) is 4.81. The normalized spacial score (nSPS) is 21.2. The van der Waals surface area contributed by atoms with Gasteiger partial charge in [-0.15, -0.1) is 0 Å². The number of rotatable bonds is 7. The summed E-state index contributed by atoms with van der Waals surface area (Å²) in [6, 6.07) is 12.9. The van der Waals surface area contributed by atoms with Crippen molar-refractivity contribution in [3.63, 3.8) is 0 Å². The number of carbonyl (C=O) groups is 2. The van der Waals surface area contributed by atoms with Gasteiger partial charge in [0, 0.05) is 58.6 Å². The lowest BCUT2D eigenvalue weighted by Crippen LogP contribution is -2.56. The lowest BCUT2D eigenvalue weighted by molar-refractivity contribution is -0.136. The molecule has 1 atom stereocenters. The molecule has 0 aliphatic carbocycles. The van der Waals surface area contributed by atoms with Crippen LogP contribution in [0.4, 0.5) is 0 Å². The molecule has 2 aromatic rings. The van der Waals surface area contributed by atoms with E-state index in [-0.39, 0.29) is 11.8 Å². The fourth-order valence-corrected chi connectivity index (χ4v) is 4.81.